The molecule has 1 aliphatic rings. The van der Waals surface area contributed by atoms with Crippen molar-refractivity contribution >= 4 is 17.8 Å². The fourth-order valence-electron chi connectivity index (χ4n) is 2.32. The number of carbonyl (C=O) groups excluding carboxylic acids is 2. The van der Waals surface area contributed by atoms with E-state index in [-0.39, 0.29) is 17.2 Å². The van der Waals surface area contributed by atoms with Crippen molar-refractivity contribution in [1.29, 1.82) is 0 Å². The molecule has 7 nitrogen and oxygen atoms in total. The summed E-state index contributed by atoms with van der Waals surface area (Å²) in [5.41, 5.74) is 10.2. The predicted molar refractivity (Wildman–Crippen MR) is 83.9 cm³/mol. The number of carbonyl (C=O) groups is 3. The number of para-hydroxylation sites is 1. The molecular formula is C16H22N2O5. The number of esters is 1. The lowest BCUT2D eigenvalue weighted by molar-refractivity contribution is -0.132. The number of carboxylic acid groups (broad SMARTS) is 1. The third-order valence-corrected chi connectivity index (χ3v) is 3.61. The normalized spacial score (nSPS) is 15.7. The monoisotopic (exact) mass is 322 g/mol. The van der Waals surface area contributed by atoms with Crippen LogP contribution in [0.4, 0.5) is 0 Å². The second-order valence-corrected chi connectivity index (χ2v) is 5.48. The van der Waals surface area contributed by atoms with Gasteiger partial charge in [0.1, 0.15) is 11.3 Å². The molecule has 23 heavy (non-hydrogen) atoms. The summed E-state index contributed by atoms with van der Waals surface area (Å²) < 4.78 is 4.69. The van der Waals surface area contributed by atoms with Gasteiger partial charge in [-0.05, 0) is 25.0 Å². The van der Waals surface area contributed by atoms with E-state index < -0.39 is 17.5 Å². The molecule has 0 bridgehead atoms. The van der Waals surface area contributed by atoms with Crippen molar-refractivity contribution in [3.05, 3.63) is 29.8 Å². The van der Waals surface area contributed by atoms with E-state index in [2.05, 4.69) is 4.74 Å². The Hall–Kier alpha value is -2.41. The smallest absolute Gasteiger partial charge is 0.339 e. The van der Waals surface area contributed by atoms with Crippen LogP contribution in [0.25, 0.3) is 0 Å². The van der Waals surface area contributed by atoms with Gasteiger partial charge in [-0.1, -0.05) is 31.4 Å². The van der Waals surface area contributed by atoms with Crippen molar-refractivity contribution in [1.82, 2.24) is 0 Å². The molecule has 1 saturated carbocycles. The van der Waals surface area contributed by atoms with Crippen LogP contribution in [0, 0.1) is 0 Å². The van der Waals surface area contributed by atoms with Crippen molar-refractivity contribution in [2.75, 3.05) is 0 Å². The molecule has 1 aromatic carbocycles. The number of amides is 1. The molecule has 1 amide bonds. The Kier molecular flexibility index (Phi) is 6.71. The largest absolute Gasteiger partial charge is 0.478 e. The first kappa shape index (κ1) is 18.6. The fraction of sp³-hybridized carbons (Fsp3) is 0.438. The Labute approximate surface area is 134 Å². The van der Waals surface area contributed by atoms with Crippen LogP contribution in [-0.2, 0) is 9.59 Å². The molecule has 0 saturated heterocycles. The van der Waals surface area contributed by atoms with Crippen LogP contribution in [0.15, 0.2) is 24.3 Å². The van der Waals surface area contributed by atoms with E-state index in [1.807, 2.05) is 0 Å². The van der Waals surface area contributed by atoms with Crippen LogP contribution >= 0.6 is 0 Å². The van der Waals surface area contributed by atoms with Crippen LogP contribution in [0.3, 0.4) is 0 Å². The number of benzene rings is 1. The molecule has 0 aromatic heterocycles. The molecule has 0 unspecified atom stereocenters. The molecule has 126 valence electrons. The maximum Gasteiger partial charge on any atom is 0.339 e. The summed E-state index contributed by atoms with van der Waals surface area (Å²) in [6.07, 6.45) is 4.80. The van der Waals surface area contributed by atoms with Gasteiger partial charge in [-0.2, -0.15) is 0 Å². The van der Waals surface area contributed by atoms with Crippen LogP contribution in [0.2, 0.25) is 0 Å². The molecular weight excluding hydrogens is 300 g/mol. The summed E-state index contributed by atoms with van der Waals surface area (Å²) in [6, 6.07) is 5.98. The van der Waals surface area contributed by atoms with Crippen molar-refractivity contribution in [2.24, 2.45) is 11.5 Å². The minimum atomic E-state index is -1.11. The first-order valence-corrected chi connectivity index (χ1v) is 7.36. The SMILES string of the molecule is CC(=O)Oc1ccccc1C(=O)O.NC(=O)C1(N)CCCCC1. The van der Waals surface area contributed by atoms with E-state index in [1.165, 1.54) is 25.5 Å². The standard InChI is InChI=1S/C9H8O4.C7H14N2O/c1-6(10)13-8-5-3-2-4-7(8)9(11)12;8-6(10)7(9)4-2-1-3-5-7/h2-5H,1H3,(H,11,12);1-5,9H2,(H2,8,10). The summed E-state index contributed by atoms with van der Waals surface area (Å²) >= 11 is 0. The molecule has 0 spiro atoms. The second kappa shape index (κ2) is 8.28. The summed E-state index contributed by atoms with van der Waals surface area (Å²) in [7, 11) is 0. The Bertz CT molecular complexity index is 580. The average Bonchev–Trinajstić information content (AvgIpc) is 2.48. The van der Waals surface area contributed by atoms with Crippen molar-refractivity contribution in [2.45, 2.75) is 44.6 Å². The minimum Gasteiger partial charge on any atom is -0.478 e. The Morgan fingerprint density at radius 3 is 2.13 bits per heavy atom. The van der Waals surface area contributed by atoms with E-state index in [4.69, 9.17) is 16.6 Å². The minimum absolute atomic E-state index is 0.0160. The zero-order chi connectivity index (χ0) is 17.5. The number of nitrogens with two attached hydrogens (primary N) is 2. The number of hydrogen-bond acceptors (Lipinski definition) is 5. The van der Waals surface area contributed by atoms with Crippen molar-refractivity contribution in [3.8, 4) is 5.75 Å². The number of aromatic carboxylic acids is 1. The van der Waals surface area contributed by atoms with Gasteiger partial charge in [-0.15, -0.1) is 0 Å². The van der Waals surface area contributed by atoms with E-state index in [0.29, 0.717) is 0 Å². The third kappa shape index (κ3) is 5.71. The number of rotatable bonds is 3. The topological polar surface area (TPSA) is 133 Å². The summed E-state index contributed by atoms with van der Waals surface area (Å²) in [4.78, 5) is 32.0. The number of primary amides is 1. The van der Waals surface area contributed by atoms with Crippen LogP contribution in [-0.4, -0.2) is 28.5 Å². The van der Waals surface area contributed by atoms with Gasteiger partial charge in [-0.3, -0.25) is 9.59 Å². The van der Waals surface area contributed by atoms with Crippen LogP contribution < -0.4 is 16.2 Å². The lowest BCUT2D eigenvalue weighted by atomic mass is 9.82. The van der Waals surface area contributed by atoms with Gasteiger partial charge in [0.25, 0.3) is 0 Å². The Morgan fingerprint density at radius 2 is 1.70 bits per heavy atom. The van der Waals surface area contributed by atoms with Gasteiger partial charge in [0.15, 0.2) is 0 Å². The number of carboxylic acids is 1. The Morgan fingerprint density at radius 1 is 1.13 bits per heavy atom. The number of ether oxygens (including phenoxy) is 1. The van der Waals surface area contributed by atoms with Gasteiger partial charge >= 0.3 is 11.9 Å². The maximum atomic E-state index is 10.8. The highest BCUT2D eigenvalue weighted by Gasteiger charge is 2.32. The van der Waals surface area contributed by atoms with Gasteiger partial charge in [0.2, 0.25) is 5.91 Å². The molecule has 1 aliphatic carbocycles. The molecule has 0 radical (unpaired) electrons. The molecule has 0 atom stereocenters. The van der Waals surface area contributed by atoms with Crippen LogP contribution in [0.1, 0.15) is 49.4 Å². The molecule has 2 rings (SSSR count). The molecule has 1 aromatic rings. The lowest BCUT2D eigenvalue weighted by Gasteiger charge is -2.29. The number of hydrogen-bond donors (Lipinski definition) is 3. The highest BCUT2D eigenvalue weighted by Crippen LogP contribution is 2.25. The van der Waals surface area contributed by atoms with E-state index in [0.717, 1.165) is 25.7 Å². The van der Waals surface area contributed by atoms with E-state index >= 15 is 0 Å². The third-order valence-electron chi connectivity index (χ3n) is 3.61. The van der Waals surface area contributed by atoms with Gasteiger partial charge in [0.05, 0.1) is 5.54 Å². The zero-order valence-electron chi connectivity index (χ0n) is 13.1. The average molecular weight is 322 g/mol. The van der Waals surface area contributed by atoms with Gasteiger partial charge in [-0.25, -0.2) is 4.79 Å². The summed E-state index contributed by atoms with van der Waals surface area (Å²) in [5, 5.41) is 8.69. The first-order chi connectivity index (χ1) is 10.8. The maximum absolute atomic E-state index is 10.8. The van der Waals surface area contributed by atoms with Crippen molar-refractivity contribution in [3.63, 3.8) is 0 Å². The fourth-order valence-corrected chi connectivity index (χ4v) is 2.32. The predicted octanol–water partition coefficient (Wildman–Crippen LogP) is 1.44. The Balaban J connectivity index is 0.000000238. The first-order valence-electron chi connectivity index (χ1n) is 7.36. The summed E-state index contributed by atoms with van der Waals surface area (Å²) in [6.45, 7) is 1.22. The van der Waals surface area contributed by atoms with E-state index in [1.54, 1.807) is 12.1 Å². The highest BCUT2D eigenvalue weighted by atomic mass is 16.5. The highest BCUT2D eigenvalue weighted by molar-refractivity contribution is 5.91. The molecule has 7 heteroatoms. The zero-order valence-corrected chi connectivity index (χ0v) is 13.1. The summed E-state index contributed by atoms with van der Waals surface area (Å²) in [5.74, 6) is -1.92. The second-order valence-electron chi connectivity index (χ2n) is 5.48. The van der Waals surface area contributed by atoms with Gasteiger partial charge in [0, 0.05) is 6.92 Å². The van der Waals surface area contributed by atoms with Crippen LogP contribution in [0.5, 0.6) is 5.75 Å². The molecule has 1 fully saturated rings. The van der Waals surface area contributed by atoms with E-state index in [9.17, 15) is 14.4 Å². The molecule has 5 N–H and O–H groups in total. The van der Waals surface area contributed by atoms with Crippen molar-refractivity contribution < 1.29 is 24.2 Å². The quantitative estimate of drug-likeness (QED) is 0.569. The van der Waals surface area contributed by atoms with Gasteiger partial charge < -0.3 is 21.3 Å². The molecule has 0 heterocycles. The molecule has 0 aliphatic heterocycles. The lowest BCUT2D eigenvalue weighted by Crippen LogP contribution is -2.53.